The van der Waals surface area contributed by atoms with Crippen LogP contribution in [0.3, 0.4) is 0 Å². The van der Waals surface area contributed by atoms with E-state index in [0.29, 0.717) is 119 Å². The number of nitrogens with one attached hydrogen (secondary N) is 10. The lowest BCUT2D eigenvalue weighted by Gasteiger charge is -2.27. The third kappa shape index (κ3) is 19.4. The van der Waals surface area contributed by atoms with Gasteiger partial charge in [0, 0.05) is 94.7 Å². The van der Waals surface area contributed by atoms with E-state index >= 15 is 0 Å². The summed E-state index contributed by atoms with van der Waals surface area (Å²) in [7, 11) is 0. The molecule has 24 heteroatoms. The zero-order valence-electron chi connectivity index (χ0n) is 77.2. The zero-order valence-corrected chi connectivity index (χ0v) is 77.2. The highest BCUT2D eigenvalue weighted by atomic mass is 16.5. The SMILES string of the molecule is CC(C)(C)Oc1ccccc1N1CC(=O)C(=C2Cc3ccccc3N2)C1=N.CC(C)(C)c1ccccc1N1CC(=O)C(=C2Cc3ccccc3N2)C1=N.CC(C)COc1ccccc1N1CC(=O)C(=C2Cc3ccccc3N2)C1=N.CCCOc1ccccc1N1CC(=O)C(=C2Cc3ccccc3N2)C1=N.N=C1C(=C2Cc3ccccc3N2)C(=O)CN1c1ccccc1Oc1ccccc1. The highest BCUT2D eigenvalue weighted by Gasteiger charge is 2.43. The second-order valence-corrected chi connectivity index (χ2v) is 36.7. The molecule has 21 rings (SSSR count). The second kappa shape index (κ2) is 38.8. The van der Waals surface area contributed by atoms with Crippen LogP contribution in [0, 0.1) is 33.0 Å². The fourth-order valence-electron chi connectivity index (χ4n) is 18.0. The number of amidine groups is 5. The minimum atomic E-state index is -0.363. The summed E-state index contributed by atoms with van der Waals surface area (Å²) in [4.78, 5) is 72.7. The Hall–Kier alpha value is -16.0. The normalized spacial score (nSPS) is 18.9. The smallest absolute Gasteiger partial charge is 0.188 e. The van der Waals surface area contributed by atoms with Gasteiger partial charge in [-0.2, -0.15) is 0 Å². The number of benzene rings is 11. The molecule has 11 aromatic carbocycles. The van der Waals surface area contributed by atoms with Crippen LogP contribution in [0.25, 0.3) is 0 Å². The van der Waals surface area contributed by atoms with Gasteiger partial charge in [0.1, 0.15) is 57.8 Å². The summed E-state index contributed by atoms with van der Waals surface area (Å²) in [5, 5.41) is 60.1. The van der Waals surface area contributed by atoms with E-state index < -0.39 is 0 Å². The molecule has 682 valence electrons. The molecular formula is C111H109N15O9. The number of nitrogens with zero attached hydrogens (tertiary/aromatic N) is 5. The summed E-state index contributed by atoms with van der Waals surface area (Å²) in [6.45, 7) is 20.7. The van der Waals surface area contributed by atoms with Crippen LogP contribution in [-0.4, -0.2) is 110 Å². The van der Waals surface area contributed by atoms with Crippen molar-refractivity contribution in [2.24, 2.45) is 5.92 Å². The van der Waals surface area contributed by atoms with Gasteiger partial charge in [0.2, 0.25) is 0 Å². The van der Waals surface area contributed by atoms with Crippen LogP contribution in [0.4, 0.5) is 56.9 Å². The minimum Gasteiger partial charge on any atom is -0.491 e. The third-order valence-electron chi connectivity index (χ3n) is 24.3. The Labute approximate surface area is 786 Å². The number of carbonyl (C=O) groups excluding carboxylic acids is 5. The highest BCUT2D eigenvalue weighted by molar-refractivity contribution is 6.37. The topological polar surface area (TPSA) is 318 Å². The second-order valence-electron chi connectivity index (χ2n) is 36.7. The molecular weight excluding hydrogens is 1690 g/mol. The number of para-hydroxylation sites is 15. The predicted molar refractivity (Wildman–Crippen MR) is 538 cm³/mol. The summed E-state index contributed by atoms with van der Waals surface area (Å²) < 4.78 is 23.8. The van der Waals surface area contributed by atoms with Gasteiger partial charge in [0.15, 0.2) is 34.7 Å². The van der Waals surface area contributed by atoms with Gasteiger partial charge in [-0.15, -0.1) is 0 Å². The van der Waals surface area contributed by atoms with Crippen molar-refractivity contribution in [1.29, 1.82) is 27.0 Å². The maximum Gasteiger partial charge on any atom is 0.188 e. The van der Waals surface area contributed by atoms with Crippen molar-refractivity contribution < 1.29 is 42.9 Å². The van der Waals surface area contributed by atoms with Gasteiger partial charge < -0.3 is 70.0 Å². The lowest BCUT2D eigenvalue weighted by molar-refractivity contribution is -0.114. The molecule has 0 saturated carbocycles. The van der Waals surface area contributed by atoms with E-state index in [0.717, 1.165) is 114 Å². The first kappa shape index (κ1) is 90.9. The van der Waals surface area contributed by atoms with Crippen LogP contribution in [0.2, 0.25) is 0 Å². The summed E-state index contributed by atoms with van der Waals surface area (Å²) in [6.07, 6.45) is 4.17. The number of ether oxygens (including phenoxy) is 4. The van der Waals surface area contributed by atoms with Crippen LogP contribution in [0.1, 0.15) is 102 Å². The zero-order chi connectivity index (χ0) is 94.5. The molecule has 0 amide bonds. The number of hydrogen-bond donors (Lipinski definition) is 10. The summed E-state index contributed by atoms with van der Waals surface area (Å²) in [5.41, 5.74) is 22.0. The molecule has 11 aromatic rings. The number of hydrogen-bond acceptors (Lipinski definition) is 19. The molecule has 5 saturated heterocycles. The van der Waals surface area contributed by atoms with Gasteiger partial charge in [0.05, 0.1) is 96.6 Å². The van der Waals surface area contributed by atoms with Gasteiger partial charge in [-0.05, 0) is 169 Å². The molecule has 135 heavy (non-hydrogen) atoms. The van der Waals surface area contributed by atoms with Crippen LogP contribution in [-0.2, 0) is 61.5 Å². The predicted octanol–water partition coefficient (Wildman–Crippen LogP) is 21.0. The number of ketones is 5. The van der Waals surface area contributed by atoms with E-state index in [9.17, 15) is 24.0 Å². The Kier molecular flexibility index (Phi) is 26.2. The molecule has 24 nitrogen and oxygen atoms in total. The van der Waals surface area contributed by atoms with Gasteiger partial charge in [-0.1, -0.05) is 217 Å². The first-order chi connectivity index (χ1) is 65.1. The van der Waals surface area contributed by atoms with Crippen molar-refractivity contribution in [3.63, 3.8) is 0 Å². The number of allylic oxidation sites excluding steroid dienone is 5. The third-order valence-corrected chi connectivity index (χ3v) is 24.3. The van der Waals surface area contributed by atoms with Crippen molar-refractivity contribution in [1.82, 2.24) is 0 Å². The minimum absolute atomic E-state index is 0.00835. The van der Waals surface area contributed by atoms with Crippen molar-refractivity contribution >= 4 is 115 Å². The molecule has 0 unspecified atom stereocenters. The quantitative estimate of drug-likeness (QED) is 0.0452. The molecule has 0 aromatic heterocycles. The molecule has 10 N–H and O–H groups in total. The monoisotopic (exact) mass is 1800 g/mol. The fraction of sp³-hybridized carbons (Fsp3) is 0.225. The molecule has 0 spiro atoms. The molecule has 10 aliphatic rings. The van der Waals surface area contributed by atoms with Gasteiger partial charge in [-0.3, -0.25) is 51.0 Å². The van der Waals surface area contributed by atoms with E-state index in [4.69, 9.17) is 46.0 Å². The van der Waals surface area contributed by atoms with E-state index in [1.165, 1.54) is 5.56 Å². The average molecular weight is 1800 g/mol. The Balaban J connectivity index is 0.000000117. The van der Waals surface area contributed by atoms with E-state index in [1.807, 2.05) is 287 Å². The molecule has 0 aliphatic carbocycles. The summed E-state index contributed by atoms with van der Waals surface area (Å²) in [6, 6.07) is 87.9. The van der Waals surface area contributed by atoms with Crippen LogP contribution < -0.4 is 70.0 Å². The average Bonchev–Trinajstić information content (AvgIpc) is 1.63. The van der Waals surface area contributed by atoms with Crippen LogP contribution >= 0.6 is 0 Å². The summed E-state index contributed by atoms with van der Waals surface area (Å²) in [5.74, 6) is 4.85. The van der Waals surface area contributed by atoms with Crippen LogP contribution in [0.15, 0.2) is 329 Å². The van der Waals surface area contributed by atoms with E-state index in [1.54, 1.807) is 19.6 Å². The number of carbonyl (C=O) groups is 5. The Morgan fingerprint density at radius 3 is 0.881 bits per heavy atom. The standard InChI is InChI=1S/C24H19N3O2.2C22H23N3O2.C22H23N3O.C21H21N3O2/c25-24-23(19-14-16-8-4-5-11-18(16)26-19)21(28)15-27(24)20-12-6-7-13-22(20)29-17-9-2-1-3-10-17;1-22(2,3)27-19-11-7-6-10-17(19)25-13-18(26)20(21(25)23)16-12-14-8-4-5-9-15(14)24-16;1-14(2)13-27-20-10-6-5-9-18(20)25-12-19(26)21(22(25)23)17-11-15-7-3-4-8-16(15)24-17;1-22(2,3)15-9-5-7-11-18(15)25-13-19(26)20(21(25)23)17-12-14-8-4-6-10-16(14)24-17;1-2-11-26-19-10-6-5-9-17(19)24-13-18(25)20(21(24)22)16-12-14-7-3-4-8-15(14)23-16/h1-13,25-26H,14-15H2;4-11,23-24H,12-13H2,1-3H3;3-10,14,23-24H,11-13H2,1-2H3;4-11,23-24H,12-13H2,1-3H3;3-10,22-23H,2,11-13H2,1H3. The Morgan fingerprint density at radius 1 is 0.311 bits per heavy atom. The first-order valence-corrected chi connectivity index (χ1v) is 45.6. The number of fused-ring (bicyclic) bond motifs is 5. The Morgan fingerprint density at radius 2 is 0.570 bits per heavy atom. The first-order valence-electron chi connectivity index (χ1n) is 45.6. The van der Waals surface area contributed by atoms with Crippen molar-refractivity contribution in [3.8, 4) is 28.7 Å². The van der Waals surface area contributed by atoms with E-state index in [-0.39, 0.29) is 96.0 Å². The lowest BCUT2D eigenvalue weighted by Crippen LogP contribution is -2.28. The molecule has 10 heterocycles. The fourth-order valence-corrected chi connectivity index (χ4v) is 18.0. The molecule has 0 atom stereocenters. The van der Waals surface area contributed by atoms with Crippen molar-refractivity contribution in [2.45, 2.75) is 112 Å². The number of rotatable bonds is 14. The maximum absolute atomic E-state index is 12.9. The highest BCUT2D eigenvalue weighted by Crippen LogP contribution is 2.45. The molecule has 0 bridgehead atoms. The van der Waals surface area contributed by atoms with Gasteiger partial charge in [-0.25, -0.2) is 0 Å². The molecule has 10 aliphatic heterocycles. The number of anilines is 10. The summed E-state index contributed by atoms with van der Waals surface area (Å²) >= 11 is 0. The van der Waals surface area contributed by atoms with Gasteiger partial charge >= 0.3 is 0 Å². The molecule has 0 radical (unpaired) electrons. The number of Topliss-reactive ketones (excluding diaryl/α,β-unsaturated/α-hetero) is 5. The van der Waals surface area contributed by atoms with Crippen LogP contribution in [0.5, 0.6) is 28.7 Å². The lowest BCUT2D eigenvalue weighted by atomic mass is 9.85. The maximum atomic E-state index is 12.9. The van der Waals surface area contributed by atoms with Crippen molar-refractivity contribution in [2.75, 3.05) is 97.0 Å². The Bertz CT molecular complexity index is 6670. The van der Waals surface area contributed by atoms with Crippen molar-refractivity contribution in [3.05, 3.63) is 363 Å². The molecule has 5 fully saturated rings. The largest absolute Gasteiger partial charge is 0.491 e. The van der Waals surface area contributed by atoms with E-state index in [2.05, 4.69) is 80.3 Å². The van der Waals surface area contributed by atoms with Gasteiger partial charge in [0.25, 0.3) is 0 Å².